The van der Waals surface area contributed by atoms with Crippen molar-refractivity contribution in [1.29, 1.82) is 0 Å². The van der Waals surface area contributed by atoms with Crippen LogP contribution in [0.25, 0.3) is 0 Å². The van der Waals surface area contributed by atoms with Crippen LogP contribution in [0.1, 0.15) is 5.76 Å². The smallest absolute Gasteiger partial charge is 0.283 e. The Kier molecular flexibility index (Phi) is 3.26. The fourth-order valence-electron chi connectivity index (χ4n) is 1.14. The van der Waals surface area contributed by atoms with Gasteiger partial charge in [0.25, 0.3) is 5.95 Å². The SMILES string of the molecule is Oc1cc(Br)c(/C=N\Nc2ccccc2)o1. The molecular formula is C11H9BrN2O2. The molecule has 0 aliphatic heterocycles. The van der Waals surface area contributed by atoms with Crippen LogP contribution in [0.2, 0.25) is 0 Å². The molecule has 2 rings (SSSR count). The third kappa shape index (κ3) is 2.64. The van der Waals surface area contributed by atoms with Gasteiger partial charge in [0.1, 0.15) is 0 Å². The van der Waals surface area contributed by atoms with Gasteiger partial charge >= 0.3 is 0 Å². The predicted molar refractivity (Wildman–Crippen MR) is 65.7 cm³/mol. The number of anilines is 1. The van der Waals surface area contributed by atoms with Crippen molar-refractivity contribution in [2.75, 3.05) is 5.43 Å². The lowest BCUT2D eigenvalue weighted by atomic mass is 10.3. The fraction of sp³-hybridized carbons (Fsp3) is 0. The minimum Gasteiger partial charge on any atom is -0.481 e. The van der Waals surface area contributed by atoms with Crippen molar-refractivity contribution in [2.45, 2.75) is 0 Å². The average Bonchev–Trinajstić information content (AvgIpc) is 2.59. The molecular weight excluding hydrogens is 272 g/mol. The van der Waals surface area contributed by atoms with Crippen LogP contribution in [0, 0.1) is 0 Å². The van der Waals surface area contributed by atoms with Gasteiger partial charge in [-0.2, -0.15) is 5.10 Å². The van der Waals surface area contributed by atoms with E-state index in [0.717, 1.165) is 5.69 Å². The summed E-state index contributed by atoms with van der Waals surface area (Å²) < 4.78 is 5.63. The summed E-state index contributed by atoms with van der Waals surface area (Å²) in [6.07, 6.45) is 1.48. The van der Waals surface area contributed by atoms with Gasteiger partial charge in [0.05, 0.1) is 16.4 Å². The molecule has 1 aromatic heterocycles. The topological polar surface area (TPSA) is 57.8 Å². The minimum atomic E-state index is -0.145. The second-order valence-electron chi connectivity index (χ2n) is 3.03. The van der Waals surface area contributed by atoms with E-state index in [1.807, 2.05) is 30.3 Å². The summed E-state index contributed by atoms with van der Waals surface area (Å²) in [7, 11) is 0. The average molecular weight is 281 g/mol. The largest absolute Gasteiger partial charge is 0.481 e. The maximum Gasteiger partial charge on any atom is 0.283 e. The van der Waals surface area contributed by atoms with Crippen molar-refractivity contribution < 1.29 is 9.52 Å². The van der Waals surface area contributed by atoms with Gasteiger partial charge in [0.15, 0.2) is 5.76 Å². The maximum absolute atomic E-state index is 9.07. The lowest BCUT2D eigenvalue weighted by Crippen LogP contribution is -1.89. The standard InChI is InChI=1S/C11H9BrN2O2/c12-9-6-11(15)16-10(9)7-13-14-8-4-2-1-3-5-8/h1-7,14-15H/b13-7-. The van der Waals surface area contributed by atoms with Crippen LogP contribution in [0.15, 0.2) is 50.4 Å². The molecule has 82 valence electrons. The number of furan rings is 1. The van der Waals surface area contributed by atoms with E-state index in [1.54, 1.807) is 0 Å². The van der Waals surface area contributed by atoms with E-state index in [4.69, 9.17) is 9.52 Å². The third-order valence-corrected chi connectivity index (χ3v) is 2.47. The molecule has 0 radical (unpaired) electrons. The Balaban J connectivity index is 2.03. The molecule has 0 amide bonds. The Bertz CT molecular complexity index is 494. The molecule has 2 aromatic rings. The van der Waals surface area contributed by atoms with Crippen molar-refractivity contribution in [2.24, 2.45) is 5.10 Å². The summed E-state index contributed by atoms with van der Waals surface area (Å²) in [5.41, 5.74) is 3.72. The Morgan fingerprint density at radius 2 is 2.06 bits per heavy atom. The van der Waals surface area contributed by atoms with E-state index in [0.29, 0.717) is 10.2 Å². The molecule has 1 heterocycles. The number of benzene rings is 1. The summed E-state index contributed by atoms with van der Waals surface area (Å²) in [5, 5.41) is 13.0. The Morgan fingerprint density at radius 3 is 2.69 bits per heavy atom. The van der Waals surface area contributed by atoms with E-state index in [9.17, 15) is 0 Å². The maximum atomic E-state index is 9.07. The highest BCUT2D eigenvalue weighted by Crippen LogP contribution is 2.24. The highest BCUT2D eigenvalue weighted by atomic mass is 79.9. The molecule has 0 fully saturated rings. The van der Waals surface area contributed by atoms with Gasteiger partial charge in [0, 0.05) is 6.07 Å². The second kappa shape index (κ2) is 4.85. The number of para-hydroxylation sites is 1. The van der Waals surface area contributed by atoms with Crippen LogP contribution in [0.4, 0.5) is 5.69 Å². The zero-order valence-electron chi connectivity index (χ0n) is 8.22. The van der Waals surface area contributed by atoms with Gasteiger partial charge in [-0.3, -0.25) is 5.43 Å². The first-order valence-electron chi connectivity index (χ1n) is 4.58. The Morgan fingerprint density at radius 1 is 1.31 bits per heavy atom. The quantitative estimate of drug-likeness (QED) is 0.671. The van der Waals surface area contributed by atoms with Gasteiger partial charge in [-0.05, 0) is 28.1 Å². The first kappa shape index (κ1) is 10.8. The summed E-state index contributed by atoms with van der Waals surface area (Å²) in [6.45, 7) is 0. The molecule has 0 atom stereocenters. The minimum absolute atomic E-state index is 0.145. The number of halogens is 1. The predicted octanol–water partition coefficient (Wildman–Crippen LogP) is 3.19. The lowest BCUT2D eigenvalue weighted by Gasteiger charge is -1.97. The molecule has 0 spiro atoms. The molecule has 0 aliphatic rings. The molecule has 0 bridgehead atoms. The normalized spacial score (nSPS) is 10.8. The van der Waals surface area contributed by atoms with Crippen molar-refractivity contribution in [3.8, 4) is 5.95 Å². The van der Waals surface area contributed by atoms with Crippen molar-refractivity contribution in [1.82, 2.24) is 0 Å². The number of rotatable bonds is 3. The molecule has 1 aromatic carbocycles. The first-order valence-corrected chi connectivity index (χ1v) is 5.37. The van der Waals surface area contributed by atoms with Gasteiger partial charge in [-0.15, -0.1) is 0 Å². The van der Waals surface area contributed by atoms with Crippen LogP contribution in [-0.2, 0) is 0 Å². The molecule has 16 heavy (non-hydrogen) atoms. The monoisotopic (exact) mass is 280 g/mol. The number of hydrazone groups is 1. The summed E-state index contributed by atoms with van der Waals surface area (Å²) >= 11 is 3.23. The van der Waals surface area contributed by atoms with Crippen molar-refractivity contribution in [3.63, 3.8) is 0 Å². The van der Waals surface area contributed by atoms with Crippen LogP contribution in [-0.4, -0.2) is 11.3 Å². The Hall–Kier alpha value is -1.75. The van der Waals surface area contributed by atoms with E-state index in [2.05, 4.69) is 26.5 Å². The van der Waals surface area contributed by atoms with Crippen LogP contribution in [0.5, 0.6) is 5.95 Å². The number of nitrogens with zero attached hydrogens (tertiary/aromatic N) is 1. The number of aromatic hydroxyl groups is 1. The number of hydrogen-bond acceptors (Lipinski definition) is 4. The third-order valence-electron chi connectivity index (χ3n) is 1.85. The van der Waals surface area contributed by atoms with Gasteiger partial charge in [-0.25, -0.2) is 0 Å². The molecule has 5 heteroatoms. The zero-order chi connectivity index (χ0) is 11.4. The molecule has 0 saturated carbocycles. The highest BCUT2D eigenvalue weighted by molar-refractivity contribution is 9.10. The van der Waals surface area contributed by atoms with E-state index in [1.165, 1.54) is 12.3 Å². The van der Waals surface area contributed by atoms with E-state index >= 15 is 0 Å². The van der Waals surface area contributed by atoms with E-state index < -0.39 is 0 Å². The van der Waals surface area contributed by atoms with E-state index in [-0.39, 0.29) is 5.95 Å². The number of hydrogen-bond donors (Lipinski definition) is 2. The molecule has 0 saturated heterocycles. The summed E-state index contributed by atoms with van der Waals surface area (Å²) in [6, 6.07) is 11.0. The van der Waals surface area contributed by atoms with Gasteiger partial charge in [0.2, 0.25) is 0 Å². The zero-order valence-corrected chi connectivity index (χ0v) is 9.81. The Labute approximate surface area is 101 Å². The number of nitrogens with one attached hydrogen (secondary N) is 1. The molecule has 2 N–H and O–H groups in total. The van der Waals surface area contributed by atoms with Crippen molar-refractivity contribution in [3.05, 3.63) is 46.6 Å². The molecule has 0 unspecified atom stereocenters. The molecule has 0 aliphatic carbocycles. The summed E-state index contributed by atoms with van der Waals surface area (Å²) in [5.74, 6) is 0.314. The van der Waals surface area contributed by atoms with Crippen LogP contribution >= 0.6 is 15.9 Å². The van der Waals surface area contributed by atoms with Crippen molar-refractivity contribution >= 4 is 27.8 Å². The fourth-order valence-corrected chi connectivity index (χ4v) is 1.52. The first-order chi connectivity index (χ1) is 7.75. The van der Waals surface area contributed by atoms with Crippen LogP contribution < -0.4 is 5.43 Å². The van der Waals surface area contributed by atoms with Gasteiger partial charge < -0.3 is 9.52 Å². The van der Waals surface area contributed by atoms with Gasteiger partial charge in [-0.1, -0.05) is 18.2 Å². The van der Waals surface area contributed by atoms with Crippen LogP contribution in [0.3, 0.4) is 0 Å². The highest BCUT2D eigenvalue weighted by Gasteiger charge is 2.04. The molecule has 4 nitrogen and oxygen atoms in total. The lowest BCUT2D eigenvalue weighted by molar-refractivity contribution is 0.331. The summed E-state index contributed by atoms with van der Waals surface area (Å²) in [4.78, 5) is 0. The second-order valence-corrected chi connectivity index (χ2v) is 3.89.